The first-order chi connectivity index (χ1) is 11.1. The van der Waals surface area contributed by atoms with Crippen molar-refractivity contribution in [3.8, 4) is 0 Å². The van der Waals surface area contributed by atoms with E-state index in [-0.39, 0.29) is 11.1 Å². The minimum absolute atomic E-state index is 0.208. The zero-order valence-corrected chi connectivity index (χ0v) is 16.3. The molecule has 0 saturated carbocycles. The second kappa shape index (κ2) is 6.26. The summed E-state index contributed by atoms with van der Waals surface area (Å²) in [6.07, 6.45) is 3.09. The lowest BCUT2D eigenvalue weighted by molar-refractivity contribution is 0.119. The predicted octanol–water partition coefficient (Wildman–Crippen LogP) is 2.55. The minimum Gasteiger partial charge on any atom is -0.338 e. The van der Waals surface area contributed by atoms with Crippen LogP contribution in [0.25, 0.3) is 0 Å². The maximum absolute atomic E-state index is 4.91. The molecule has 5 nitrogen and oxygen atoms in total. The molecule has 0 atom stereocenters. The Morgan fingerprint density at radius 1 is 0.833 bits per heavy atom. The standard InChI is InChI=1S/C19H33N5/c1-18(2,3)23-11-9-22(10-12-23)17-20-13-15-14-24(19(4,5)6)8-7-16(15)21-17/h13H,7-12,14H2,1-6H3. The molecule has 0 N–H and O–H groups in total. The van der Waals surface area contributed by atoms with Crippen LogP contribution in [-0.4, -0.2) is 63.6 Å². The predicted molar refractivity (Wildman–Crippen MR) is 99.4 cm³/mol. The van der Waals surface area contributed by atoms with Gasteiger partial charge in [-0.05, 0) is 41.5 Å². The fourth-order valence-electron chi connectivity index (χ4n) is 3.61. The summed E-state index contributed by atoms with van der Waals surface area (Å²) in [5, 5.41) is 0. The summed E-state index contributed by atoms with van der Waals surface area (Å²) in [4.78, 5) is 17.0. The first-order valence-corrected chi connectivity index (χ1v) is 9.24. The smallest absolute Gasteiger partial charge is 0.225 e. The molecule has 0 amide bonds. The fraction of sp³-hybridized carbons (Fsp3) is 0.789. The van der Waals surface area contributed by atoms with E-state index in [2.05, 4.69) is 67.4 Å². The van der Waals surface area contributed by atoms with Crippen LogP contribution in [0.3, 0.4) is 0 Å². The van der Waals surface area contributed by atoms with Gasteiger partial charge < -0.3 is 4.90 Å². The van der Waals surface area contributed by atoms with Crippen LogP contribution in [0.5, 0.6) is 0 Å². The summed E-state index contributed by atoms with van der Waals surface area (Å²) >= 11 is 0. The van der Waals surface area contributed by atoms with Crippen LogP contribution in [-0.2, 0) is 13.0 Å². The Morgan fingerprint density at radius 3 is 2.04 bits per heavy atom. The second-order valence-corrected chi connectivity index (χ2v) is 9.13. The van der Waals surface area contributed by atoms with E-state index in [0.29, 0.717) is 0 Å². The van der Waals surface area contributed by atoms with Crippen LogP contribution in [0.4, 0.5) is 5.95 Å². The molecule has 2 aliphatic heterocycles. The van der Waals surface area contributed by atoms with Crippen LogP contribution in [0.15, 0.2) is 6.20 Å². The Labute approximate surface area is 147 Å². The van der Waals surface area contributed by atoms with Crippen molar-refractivity contribution in [2.45, 2.75) is 65.6 Å². The highest BCUT2D eigenvalue weighted by Gasteiger charge is 2.29. The largest absolute Gasteiger partial charge is 0.338 e. The van der Waals surface area contributed by atoms with E-state index in [9.17, 15) is 0 Å². The second-order valence-electron chi connectivity index (χ2n) is 9.13. The molecule has 0 unspecified atom stereocenters. The molecule has 1 aromatic heterocycles. The van der Waals surface area contributed by atoms with E-state index in [1.54, 1.807) is 0 Å². The summed E-state index contributed by atoms with van der Waals surface area (Å²) in [5.41, 5.74) is 3.01. The minimum atomic E-state index is 0.208. The van der Waals surface area contributed by atoms with E-state index in [1.807, 2.05) is 0 Å². The van der Waals surface area contributed by atoms with Crippen LogP contribution in [0.2, 0.25) is 0 Å². The molecule has 0 bridgehead atoms. The molecular formula is C19H33N5. The number of piperazine rings is 1. The van der Waals surface area contributed by atoms with Crippen molar-refractivity contribution in [3.05, 3.63) is 17.5 Å². The van der Waals surface area contributed by atoms with Gasteiger partial charge in [-0.3, -0.25) is 9.80 Å². The number of anilines is 1. The van der Waals surface area contributed by atoms with Gasteiger partial charge in [-0.15, -0.1) is 0 Å². The maximum Gasteiger partial charge on any atom is 0.225 e. The molecule has 0 spiro atoms. The fourth-order valence-corrected chi connectivity index (χ4v) is 3.61. The molecule has 3 rings (SSSR count). The van der Waals surface area contributed by atoms with Crippen molar-refractivity contribution in [3.63, 3.8) is 0 Å². The molecule has 0 aromatic carbocycles. The third-order valence-electron chi connectivity index (χ3n) is 5.38. The van der Waals surface area contributed by atoms with Gasteiger partial charge in [0.1, 0.15) is 0 Å². The van der Waals surface area contributed by atoms with Gasteiger partial charge in [0.2, 0.25) is 5.95 Å². The van der Waals surface area contributed by atoms with E-state index >= 15 is 0 Å². The SMILES string of the molecule is CC(C)(C)N1CCN(c2ncc3c(n2)CCN(C(C)(C)C)C3)CC1. The average Bonchev–Trinajstić information content (AvgIpc) is 2.52. The lowest BCUT2D eigenvalue weighted by Gasteiger charge is -2.42. The molecule has 1 fully saturated rings. The van der Waals surface area contributed by atoms with Crippen LogP contribution >= 0.6 is 0 Å². The number of hydrogen-bond acceptors (Lipinski definition) is 5. The van der Waals surface area contributed by atoms with Crippen LogP contribution in [0, 0.1) is 0 Å². The van der Waals surface area contributed by atoms with Gasteiger partial charge in [-0.1, -0.05) is 0 Å². The number of nitrogens with zero attached hydrogens (tertiary/aromatic N) is 5. The Kier molecular flexibility index (Phi) is 4.60. The number of hydrogen-bond donors (Lipinski definition) is 0. The normalized spacial score (nSPS) is 21.0. The molecular weight excluding hydrogens is 298 g/mol. The van der Waals surface area contributed by atoms with E-state index in [1.165, 1.54) is 11.3 Å². The Bertz CT molecular complexity index is 576. The molecule has 1 saturated heterocycles. The zero-order valence-electron chi connectivity index (χ0n) is 16.3. The van der Waals surface area contributed by atoms with Crippen molar-refractivity contribution >= 4 is 5.95 Å². The van der Waals surface area contributed by atoms with Crippen molar-refractivity contribution < 1.29 is 0 Å². The summed E-state index contributed by atoms with van der Waals surface area (Å²) in [5.74, 6) is 0.923. The third kappa shape index (κ3) is 3.72. The number of rotatable bonds is 1. The summed E-state index contributed by atoms with van der Waals surface area (Å²) in [7, 11) is 0. The third-order valence-corrected chi connectivity index (χ3v) is 5.38. The Morgan fingerprint density at radius 2 is 1.46 bits per heavy atom. The summed E-state index contributed by atoms with van der Waals surface area (Å²) in [6, 6.07) is 0. The monoisotopic (exact) mass is 331 g/mol. The molecule has 0 radical (unpaired) electrons. The van der Waals surface area contributed by atoms with Crippen LogP contribution in [0.1, 0.15) is 52.8 Å². The molecule has 0 aliphatic carbocycles. The van der Waals surface area contributed by atoms with Crippen LogP contribution < -0.4 is 4.90 Å². The molecule has 134 valence electrons. The van der Waals surface area contributed by atoms with E-state index in [4.69, 9.17) is 4.98 Å². The first-order valence-electron chi connectivity index (χ1n) is 9.24. The van der Waals surface area contributed by atoms with Gasteiger partial charge in [-0.2, -0.15) is 0 Å². The maximum atomic E-state index is 4.91. The topological polar surface area (TPSA) is 35.5 Å². The quantitative estimate of drug-likeness (QED) is 0.790. The van der Waals surface area contributed by atoms with Gasteiger partial charge in [0, 0.05) is 68.5 Å². The lowest BCUT2D eigenvalue weighted by Crippen LogP contribution is -2.53. The lowest BCUT2D eigenvalue weighted by atomic mass is 9.99. The average molecular weight is 332 g/mol. The molecule has 5 heteroatoms. The van der Waals surface area contributed by atoms with Gasteiger partial charge in [0.25, 0.3) is 0 Å². The highest BCUT2D eigenvalue weighted by Crippen LogP contribution is 2.25. The molecule has 2 aliphatic rings. The summed E-state index contributed by atoms with van der Waals surface area (Å²) in [6.45, 7) is 20.0. The van der Waals surface area contributed by atoms with Gasteiger partial charge in [0.05, 0.1) is 5.69 Å². The van der Waals surface area contributed by atoms with Gasteiger partial charge in [-0.25, -0.2) is 9.97 Å². The molecule has 1 aromatic rings. The number of aromatic nitrogens is 2. The highest BCUT2D eigenvalue weighted by molar-refractivity contribution is 5.35. The Hall–Kier alpha value is -1.20. The van der Waals surface area contributed by atoms with Crippen molar-refractivity contribution in [1.29, 1.82) is 0 Å². The van der Waals surface area contributed by atoms with E-state index in [0.717, 1.165) is 51.6 Å². The molecule has 3 heterocycles. The van der Waals surface area contributed by atoms with E-state index < -0.39 is 0 Å². The van der Waals surface area contributed by atoms with Crippen molar-refractivity contribution in [1.82, 2.24) is 19.8 Å². The highest BCUT2D eigenvalue weighted by atomic mass is 15.3. The van der Waals surface area contributed by atoms with Gasteiger partial charge in [0.15, 0.2) is 0 Å². The van der Waals surface area contributed by atoms with Gasteiger partial charge >= 0.3 is 0 Å². The van der Waals surface area contributed by atoms with Crippen molar-refractivity contribution in [2.75, 3.05) is 37.6 Å². The zero-order chi connectivity index (χ0) is 17.5. The number of fused-ring (bicyclic) bond motifs is 1. The first kappa shape index (κ1) is 17.6. The Balaban J connectivity index is 1.68. The van der Waals surface area contributed by atoms with Crippen molar-refractivity contribution in [2.24, 2.45) is 0 Å². The molecule has 24 heavy (non-hydrogen) atoms. The summed E-state index contributed by atoms with van der Waals surface area (Å²) < 4.78 is 0.